The van der Waals surface area contributed by atoms with E-state index in [4.69, 9.17) is 0 Å². The van der Waals surface area contributed by atoms with Crippen molar-refractivity contribution in [2.24, 2.45) is 5.92 Å². The van der Waals surface area contributed by atoms with Crippen molar-refractivity contribution in [1.82, 2.24) is 4.98 Å². The summed E-state index contributed by atoms with van der Waals surface area (Å²) in [5, 5.41) is 0. The smallest absolute Gasteiger partial charge is 0.0801 e. The van der Waals surface area contributed by atoms with Gasteiger partial charge in [-0.1, -0.05) is 33.4 Å². The quantitative estimate of drug-likeness (QED) is 0.682. The third-order valence-corrected chi connectivity index (χ3v) is 3.19. The zero-order chi connectivity index (χ0) is 10.6. The van der Waals surface area contributed by atoms with Crippen LogP contribution >= 0.6 is 11.3 Å². The summed E-state index contributed by atoms with van der Waals surface area (Å²) < 4.78 is 0. The lowest BCUT2D eigenvalue weighted by atomic mass is 10.0. The lowest BCUT2D eigenvalue weighted by Crippen LogP contribution is -1.91. The van der Waals surface area contributed by atoms with Crippen molar-refractivity contribution in [2.75, 3.05) is 0 Å². The lowest BCUT2D eigenvalue weighted by Gasteiger charge is -2.05. The fraction of sp³-hybridized carbons (Fsp3) is 0.417. The summed E-state index contributed by atoms with van der Waals surface area (Å²) in [6.07, 6.45) is 5.12. The zero-order valence-corrected chi connectivity index (χ0v) is 9.90. The molecule has 0 saturated carbocycles. The molecule has 0 spiro atoms. The summed E-state index contributed by atoms with van der Waals surface area (Å²) >= 11 is 1.72. The molecule has 1 heterocycles. The van der Waals surface area contributed by atoms with Gasteiger partial charge in [0.2, 0.25) is 0 Å². The molecule has 0 aliphatic heterocycles. The first-order chi connectivity index (χ1) is 6.69. The first kappa shape index (κ1) is 11.2. The molecule has 0 atom stereocenters. The van der Waals surface area contributed by atoms with Crippen molar-refractivity contribution < 1.29 is 0 Å². The van der Waals surface area contributed by atoms with Gasteiger partial charge in [-0.15, -0.1) is 11.3 Å². The molecule has 0 aliphatic carbocycles. The van der Waals surface area contributed by atoms with Crippen molar-refractivity contribution in [2.45, 2.75) is 27.2 Å². The van der Waals surface area contributed by atoms with Crippen LogP contribution in [0.3, 0.4) is 0 Å². The van der Waals surface area contributed by atoms with E-state index >= 15 is 0 Å². The lowest BCUT2D eigenvalue weighted by molar-refractivity contribution is 0.797. The fourth-order valence-corrected chi connectivity index (χ4v) is 1.97. The Kier molecular flexibility index (Phi) is 4.08. The third kappa shape index (κ3) is 2.55. The summed E-state index contributed by atoms with van der Waals surface area (Å²) in [4.78, 5) is 5.70. The summed E-state index contributed by atoms with van der Waals surface area (Å²) in [6.45, 7) is 10.3. The van der Waals surface area contributed by atoms with Crippen LogP contribution in [0.25, 0.3) is 6.08 Å². The molecule has 1 rings (SSSR count). The van der Waals surface area contributed by atoms with Crippen molar-refractivity contribution in [3.8, 4) is 0 Å². The molecule has 14 heavy (non-hydrogen) atoms. The SMILES string of the molecule is C=C/C(=C\c1ncsc1CC)C(C)C. The molecule has 0 aromatic carbocycles. The highest BCUT2D eigenvalue weighted by Crippen LogP contribution is 2.20. The summed E-state index contributed by atoms with van der Waals surface area (Å²) in [6, 6.07) is 0. The topological polar surface area (TPSA) is 12.9 Å². The Balaban J connectivity index is 2.99. The second-order valence-electron chi connectivity index (χ2n) is 3.52. The van der Waals surface area contributed by atoms with Gasteiger partial charge in [0, 0.05) is 4.88 Å². The number of allylic oxidation sites excluding steroid dienone is 2. The molecule has 0 aliphatic rings. The number of rotatable bonds is 4. The maximum Gasteiger partial charge on any atom is 0.0801 e. The highest BCUT2D eigenvalue weighted by atomic mass is 32.1. The molecular weight excluding hydrogens is 190 g/mol. The predicted molar refractivity (Wildman–Crippen MR) is 64.5 cm³/mol. The molecule has 2 heteroatoms. The average Bonchev–Trinajstić information content (AvgIpc) is 2.60. The summed E-state index contributed by atoms with van der Waals surface area (Å²) in [5.41, 5.74) is 4.28. The van der Waals surface area contributed by atoms with Gasteiger partial charge in [0.15, 0.2) is 0 Å². The summed E-state index contributed by atoms with van der Waals surface area (Å²) in [7, 11) is 0. The van der Waals surface area contributed by atoms with E-state index < -0.39 is 0 Å². The van der Waals surface area contributed by atoms with E-state index in [1.807, 2.05) is 11.6 Å². The molecule has 0 unspecified atom stereocenters. The molecule has 1 aromatic rings. The van der Waals surface area contributed by atoms with E-state index in [0.29, 0.717) is 5.92 Å². The van der Waals surface area contributed by atoms with Gasteiger partial charge in [0.25, 0.3) is 0 Å². The van der Waals surface area contributed by atoms with Gasteiger partial charge < -0.3 is 0 Å². The van der Waals surface area contributed by atoms with Crippen molar-refractivity contribution in [1.29, 1.82) is 0 Å². The van der Waals surface area contributed by atoms with Crippen LogP contribution in [0.2, 0.25) is 0 Å². The maximum absolute atomic E-state index is 4.35. The van der Waals surface area contributed by atoms with E-state index in [0.717, 1.165) is 12.1 Å². The molecular formula is C12H17NS. The van der Waals surface area contributed by atoms with Gasteiger partial charge in [-0.05, 0) is 24.0 Å². The van der Waals surface area contributed by atoms with E-state index in [1.54, 1.807) is 11.3 Å². The molecule has 1 aromatic heterocycles. The molecule has 1 nitrogen and oxygen atoms in total. The van der Waals surface area contributed by atoms with Crippen LogP contribution < -0.4 is 0 Å². The normalized spacial score (nSPS) is 12.1. The van der Waals surface area contributed by atoms with Gasteiger partial charge in [-0.2, -0.15) is 0 Å². The van der Waals surface area contributed by atoms with E-state index in [-0.39, 0.29) is 0 Å². The van der Waals surface area contributed by atoms with Gasteiger partial charge in [0.05, 0.1) is 11.2 Å². The third-order valence-electron chi connectivity index (χ3n) is 2.20. The van der Waals surface area contributed by atoms with Crippen molar-refractivity contribution >= 4 is 17.4 Å². The van der Waals surface area contributed by atoms with Crippen LogP contribution in [-0.2, 0) is 6.42 Å². The van der Waals surface area contributed by atoms with Crippen LogP contribution in [0.15, 0.2) is 23.7 Å². The van der Waals surface area contributed by atoms with Crippen LogP contribution in [0, 0.1) is 5.92 Å². The van der Waals surface area contributed by atoms with Crippen molar-refractivity contribution in [3.63, 3.8) is 0 Å². The molecule has 0 saturated heterocycles. The number of hydrogen-bond donors (Lipinski definition) is 0. The minimum atomic E-state index is 0.513. The maximum atomic E-state index is 4.35. The molecule has 76 valence electrons. The van der Waals surface area contributed by atoms with E-state index in [9.17, 15) is 0 Å². The van der Waals surface area contributed by atoms with Gasteiger partial charge in [0.1, 0.15) is 0 Å². The molecule has 0 fully saturated rings. The molecule has 0 radical (unpaired) electrons. The minimum Gasteiger partial charge on any atom is -0.245 e. The Morgan fingerprint density at radius 2 is 2.36 bits per heavy atom. The standard InChI is InChI=1S/C12H17NS/c1-5-10(9(3)4)7-11-12(6-2)14-8-13-11/h5,7-9H,1,6H2,2-4H3/b10-7+. The summed E-state index contributed by atoms with van der Waals surface area (Å²) in [5.74, 6) is 0.513. The van der Waals surface area contributed by atoms with Crippen molar-refractivity contribution in [3.05, 3.63) is 34.3 Å². The van der Waals surface area contributed by atoms with Crippen LogP contribution in [0.1, 0.15) is 31.3 Å². The Bertz CT molecular complexity index is 334. The zero-order valence-electron chi connectivity index (χ0n) is 9.08. The first-order valence-corrected chi connectivity index (χ1v) is 5.83. The Hall–Kier alpha value is -0.890. The van der Waals surface area contributed by atoms with E-state index in [1.165, 1.54) is 10.5 Å². The second-order valence-corrected chi connectivity index (χ2v) is 4.46. The average molecular weight is 207 g/mol. The number of thiazole rings is 1. The molecule has 0 N–H and O–H groups in total. The second kappa shape index (κ2) is 5.11. The highest BCUT2D eigenvalue weighted by molar-refractivity contribution is 7.09. The number of nitrogens with zero attached hydrogens (tertiary/aromatic N) is 1. The van der Waals surface area contributed by atoms with Crippen LogP contribution in [0.4, 0.5) is 0 Å². The Labute approximate surface area is 90.2 Å². The number of hydrogen-bond acceptors (Lipinski definition) is 2. The first-order valence-electron chi connectivity index (χ1n) is 4.95. The largest absolute Gasteiger partial charge is 0.245 e. The number of aromatic nitrogens is 1. The van der Waals surface area contributed by atoms with Crippen LogP contribution in [-0.4, -0.2) is 4.98 Å². The number of aryl methyl sites for hydroxylation is 1. The predicted octanol–water partition coefficient (Wildman–Crippen LogP) is 3.93. The highest BCUT2D eigenvalue weighted by Gasteiger charge is 2.04. The Morgan fingerprint density at radius 1 is 1.64 bits per heavy atom. The minimum absolute atomic E-state index is 0.513. The van der Waals surface area contributed by atoms with Gasteiger partial charge in [-0.25, -0.2) is 4.98 Å². The molecule has 0 amide bonds. The fourth-order valence-electron chi connectivity index (χ4n) is 1.28. The van der Waals surface area contributed by atoms with Crippen LogP contribution in [0.5, 0.6) is 0 Å². The Morgan fingerprint density at radius 3 is 2.86 bits per heavy atom. The van der Waals surface area contributed by atoms with Gasteiger partial charge >= 0.3 is 0 Å². The molecule has 0 bridgehead atoms. The monoisotopic (exact) mass is 207 g/mol. The van der Waals surface area contributed by atoms with E-state index in [2.05, 4.69) is 38.4 Å². The van der Waals surface area contributed by atoms with Gasteiger partial charge in [-0.3, -0.25) is 0 Å².